The highest BCUT2D eigenvalue weighted by Crippen LogP contribution is 2.25. The largest absolute Gasteiger partial charge is 0.465 e. The minimum Gasteiger partial charge on any atom is -0.465 e. The number of hydrogen-bond donors (Lipinski definition) is 0. The van der Waals surface area contributed by atoms with E-state index >= 15 is 0 Å². The molecule has 0 saturated heterocycles. The number of hydrogen-bond acceptors (Lipinski definition) is 6. The Hall–Kier alpha value is -2.76. The average molecular weight is 276 g/mol. The Morgan fingerprint density at radius 3 is 2.45 bits per heavy atom. The first kappa shape index (κ1) is 13.7. The van der Waals surface area contributed by atoms with Crippen LogP contribution < -0.4 is 4.74 Å². The van der Waals surface area contributed by atoms with Gasteiger partial charge in [-0.25, -0.2) is 9.59 Å². The topological polar surface area (TPSA) is 75.0 Å². The Balaban J connectivity index is 2.16. The van der Waals surface area contributed by atoms with Crippen LogP contribution >= 0.6 is 0 Å². The summed E-state index contributed by atoms with van der Waals surface area (Å²) >= 11 is 0. The summed E-state index contributed by atoms with van der Waals surface area (Å²) in [5.41, 5.74) is 0.352. The number of benzene rings is 1. The zero-order valence-corrected chi connectivity index (χ0v) is 10.9. The van der Waals surface area contributed by atoms with E-state index in [9.17, 15) is 9.59 Å². The highest BCUT2D eigenvalue weighted by atomic mass is 16.6. The molecule has 0 bridgehead atoms. The van der Waals surface area contributed by atoms with Crippen LogP contribution in [0.5, 0.6) is 11.7 Å². The molecule has 6 nitrogen and oxygen atoms in total. The van der Waals surface area contributed by atoms with Gasteiger partial charge in [0.05, 0.1) is 19.8 Å². The van der Waals surface area contributed by atoms with E-state index in [1.165, 1.54) is 32.4 Å². The molecule has 0 saturated carbocycles. The van der Waals surface area contributed by atoms with Gasteiger partial charge in [-0.3, -0.25) is 0 Å². The summed E-state index contributed by atoms with van der Waals surface area (Å²) in [5.74, 6) is -0.522. The highest BCUT2D eigenvalue weighted by Gasteiger charge is 2.13. The summed E-state index contributed by atoms with van der Waals surface area (Å²) in [7, 11) is 2.55. The third-order valence-corrected chi connectivity index (χ3v) is 2.44. The number of carbonyl (C=O) groups is 2. The molecule has 0 unspecified atom stereocenters. The summed E-state index contributed by atoms with van der Waals surface area (Å²) in [5, 5.41) is 0. The highest BCUT2D eigenvalue weighted by molar-refractivity contribution is 5.89. The molecule has 1 aromatic heterocycles. The quantitative estimate of drug-likeness (QED) is 0.799. The molecule has 0 aliphatic heterocycles. The lowest BCUT2D eigenvalue weighted by atomic mass is 10.2. The van der Waals surface area contributed by atoms with E-state index in [1.807, 2.05) is 0 Å². The second-order valence-electron chi connectivity index (χ2n) is 3.73. The Morgan fingerprint density at radius 2 is 1.75 bits per heavy atom. The van der Waals surface area contributed by atoms with E-state index in [4.69, 9.17) is 9.15 Å². The van der Waals surface area contributed by atoms with Crippen molar-refractivity contribution in [2.24, 2.45) is 0 Å². The number of ether oxygens (including phenoxy) is 3. The molecule has 0 aliphatic rings. The third-order valence-electron chi connectivity index (χ3n) is 2.44. The molecule has 6 heteroatoms. The summed E-state index contributed by atoms with van der Waals surface area (Å²) in [6.45, 7) is 0. The van der Waals surface area contributed by atoms with Crippen LogP contribution in [0.1, 0.15) is 20.9 Å². The monoisotopic (exact) mass is 276 g/mol. The lowest BCUT2D eigenvalue weighted by Gasteiger charge is -2.04. The minimum atomic E-state index is -0.594. The van der Waals surface area contributed by atoms with E-state index in [0.717, 1.165) is 0 Å². The van der Waals surface area contributed by atoms with Gasteiger partial charge in [0, 0.05) is 6.07 Å². The number of carbonyl (C=O) groups excluding carboxylic acids is 2. The van der Waals surface area contributed by atoms with E-state index in [0.29, 0.717) is 11.3 Å². The van der Waals surface area contributed by atoms with Crippen molar-refractivity contribution in [1.82, 2.24) is 0 Å². The number of methoxy groups -OCH3 is 2. The summed E-state index contributed by atoms with van der Waals surface area (Å²) < 4.78 is 19.7. The molecule has 0 spiro atoms. The number of esters is 2. The van der Waals surface area contributed by atoms with Gasteiger partial charge in [-0.1, -0.05) is 6.07 Å². The molecule has 1 heterocycles. The van der Waals surface area contributed by atoms with Gasteiger partial charge in [0.1, 0.15) is 5.75 Å². The number of rotatable bonds is 4. The number of furan rings is 1. The van der Waals surface area contributed by atoms with Crippen molar-refractivity contribution in [3.05, 3.63) is 47.7 Å². The molecule has 0 fully saturated rings. The molecule has 0 N–H and O–H groups in total. The zero-order valence-electron chi connectivity index (χ0n) is 10.9. The van der Waals surface area contributed by atoms with Gasteiger partial charge in [-0.05, 0) is 24.3 Å². The maximum absolute atomic E-state index is 11.4. The minimum absolute atomic E-state index is 0.0339. The van der Waals surface area contributed by atoms with Crippen molar-refractivity contribution in [2.75, 3.05) is 14.2 Å². The van der Waals surface area contributed by atoms with Gasteiger partial charge < -0.3 is 18.6 Å². The lowest BCUT2D eigenvalue weighted by Crippen LogP contribution is -2.00. The van der Waals surface area contributed by atoms with E-state index in [1.54, 1.807) is 18.2 Å². The summed E-state index contributed by atoms with van der Waals surface area (Å²) in [4.78, 5) is 22.6. The van der Waals surface area contributed by atoms with Gasteiger partial charge in [0.2, 0.25) is 5.76 Å². The smallest absolute Gasteiger partial charge is 0.374 e. The van der Waals surface area contributed by atoms with Gasteiger partial charge in [0.25, 0.3) is 5.95 Å². The Morgan fingerprint density at radius 1 is 1.00 bits per heavy atom. The van der Waals surface area contributed by atoms with Crippen LogP contribution in [0.15, 0.2) is 40.8 Å². The normalized spacial score (nSPS) is 9.90. The van der Waals surface area contributed by atoms with Crippen molar-refractivity contribution >= 4 is 11.9 Å². The van der Waals surface area contributed by atoms with Crippen molar-refractivity contribution in [1.29, 1.82) is 0 Å². The molecular formula is C14H12O6. The summed E-state index contributed by atoms with van der Waals surface area (Å²) in [6, 6.07) is 9.31. The lowest BCUT2D eigenvalue weighted by molar-refractivity contribution is 0.0559. The Bertz CT molecular complexity index is 628. The molecule has 20 heavy (non-hydrogen) atoms. The molecule has 0 amide bonds. The summed E-state index contributed by atoms with van der Waals surface area (Å²) in [6.07, 6.45) is 0. The molecule has 0 atom stereocenters. The third kappa shape index (κ3) is 2.97. The fraction of sp³-hybridized carbons (Fsp3) is 0.143. The van der Waals surface area contributed by atoms with Crippen molar-refractivity contribution in [3.8, 4) is 11.7 Å². The molecule has 2 aromatic rings. The molecule has 2 rings (SSSR count). The first-order valence-corrected chi connectivity index (χ1v) is 5.68. The first-order valence-electron chi connectivity index (χ1n) is 5.68. The van der Waals surface area contributed by atoms with Crippen LogP contribution in [0.4, 0.5) is 0 Å². The van der Waals surface area contributed by atoms with Crippen LogP contribution in [0.3, 0.4) is 0 Å². The Labute approximate surface area is 114 Å². The maximum Gasteiger partial charge on any atom is 0.374 e. The molecule has 1 aromatic carbocycles. The Kier molecular flexibility index (Phi) is 4.05. The molecular weight excluding hydrogens is 264 g/mol. The molecule has 104 valence electrons. The van der Waals surface area contributed by atoms with Gasteiger partial charge in [-0.2, -0.15) is 0 Å². The fourth-order valence-electron chi connectivity index (χ4n) is 1.51. The van der Waals surface area contributed by atoms with Crippen LogP contribution in [-0.2, 0) is 9.47 Å². The van der Waals surface area contributed by atoms with E-state index in [2.05, 4.69) is 9.47 Å². The SMILES string of the molecule is COC(=O)c1cccc(Oc2ccc(C(=O)OC)o2)c1. The van der Waals surface area contributed by atoms with Gasteiger partial charge in [0.15, 0.2) is 0 Å². The van der Waals surface area contributed by atoms with Gasteiger partial charge >= 0.3 is 11.9 Å². The van der Waals surface area contributed by atoms with Crippen LogP contribution in [0.25, 0.3) is 0 Å². The van der Waals surface area contributed by atoms with Gasteiger partial charge in [-0.15, -0.1) is 0 Å². The fourth-order valence-corrected chi connectivity index (χ4v) is 1.51. The second kappa shape index (κ2) is 5.92. The molecule has 0 radical (unpaired) electrons. The predicted molar refractivity (Wildman–Crippen MR) is 67.9 cm³/mol. The predicted octanol–water partition coefficient (Wildman–Crippen LogP) is 2.65. The first-order chi connectivity index (χ1) is 9.63. The van der Waals surface area contributed by atoms with Crippen molar-refractivity contribution < 1.29 is 28.2 Å². The second-order valence-corrected chi connectivity index (χ2v) is 3.73. The van der Waals surface area contributed by atoms with Crippen molar-refractivity contribution in [3.63, 3.8) is 0 Å². The van der Waals surface area contributed by atoms with E-state index < -0.39 is 11.9 Å². The zero-order chi connectivity index (χ0) is 14.5. The van der Waals surface area contributed by atoms with Crippen molar-refractivity contribution in [2.45, 2.75) is 0 Å². The average Bonchev–Trinajstić information content (AvgIpc) is 2.94. The van der Waals surface area contributed by atoms with Crippen LogP contribution in [0, 0.1) is 0 Å². The van der Waals surface area contributed by atoms with E-state index in [-0.39, 0.29) is 11.7 Å². The van der Waals surface area contributed by atoms with Crippen LogP contribution in [0.2, 0.25) is 0 Å². The van der Waals surface area contributed by atoms with Crippen LogP contribution in [-0.4, -0.2) is 26.2 Å². The maximum atomic E-state index is 11.4. The molecule has 0 aliphatic carbocycles. The standard InChI is InChI=1S/C14H12O6/c1-17-13(15)9-4-3-5-10(8-9)19-12-7-6-11(20-12)14(16)18-2/h3-8H,1-2H3.